The Hall–Kier alpha value is -3.48. The number of nitrogens with one attached hydrogen (secondary N) is 2. The highest BCUT2D eigenvalue weighted by Gasteiger charge is 2.26. The molecule has 12 nitrogen and oxygen atoms in total. The number of para-hydroxylation sites is 1. The molecule has 13 heteroatoms. The van der Waals surface area contributed by atoms with Gasteiger partial charge in [0.2, 0.25) is 5.95 Å². The summed E-state index contributed by atoms with van der Waals surface area (Å²) in [5, 5.41) is 2.23. The fourth-order valence-electron chi connectivity index (χ4n) is 1.96. The SMILES string of the molecule is COC(=O)c1ccccc1NS(=O)(=O)N(C)C(=O)Nc1nc(C)nc(OC)n1. The molecule has 0 saturated heterocycles. The highest BCUT2D eigenvalue weighted by atomic mass is 32.2. The average molecular weight is 410 g/mol. The zero-order valence-electron chi connectivity index (χ0n) is 15.5. The molecular formula is C15H18N6O6S. The van der Waals surface area contributed by atoms with Gasteiger partial charge in [-0.2, -0.15) is 23.4 Å². The lowest BCUT2D eigenvalue weighted by molar-refractivity contribution is 0.0602. The smallest absolute Gasteiger partial charge is 0.339 e. The largest absolute Gasteiger partial charge is 0.467 e. The van der Waals surface area contributed by atoms with Crippen LogP contribution >= 0.6 is 0 Å². The number of anilines is 2. The summed E-state index contributed by atoms with van der Waals surface area (Å²) in [5.74, 6) is -0.665. The van der Waals surface area contributed by atoms with Crippen molar-refractivity contribution in [2.24, 2.45) is 0 Å². The Balaban J connectivity index is 2.21. The van der Waals surface area contributed by atoms with E-state index in [1.54, 1.807) is 6.92 Å². The summed E-state index contributed by atoms with van der Waals surface area (Å²) in [7, 11) is -0.846. The van der Waals surface area contributed by atoms with E-state index in [1.165, 1.54) is 31.4 Å². The molecule has 0 saturated carbocycles. The first-order valence-corrected chi connectivity index (χ1v) is 9.13. The molecule has 2 rings (SSSR count). The molecule has 2 aromatic rings. The van der Waals surface area contributed by atoms with Gasteiger partial charge in [-0.15, -0.1) is 0 Å². The van der Waals surface area contributed by atoms with E-state index >= 15 is 0 Å². The van der Waals surface area contributed by atoms with Crippen LogP contribution in [0.1, 0.15) is 16.2 Å². The van der Waals surface area contributed by atoms with Gasteiger partial charge in [0.25, 0.3) is 0 Å². The van der Waals surface area contributed by atoms with Gasteiger partial charge in [0.05, 0.1) is 25.5 Å². The van der Waals surface area contributed by atoms with Crippen LogP contribution < -0.4 is 14.8 Å². The van der Waals surface area contributed by atoms with E-state index in [4.69, 9.17) is 4.74 Å². The van der Waals surface area contributed by atoms with Crippen molar-refractivity contribution in [1.29, 1.82) is 0 Å². The number of aromatic nitrogens is 3. The van der Waals surface area contributed by atoms with Gasteiger partial charge in [-0.25, -0.2) is 13.9 Å². The van der Waals surface area contributed by atoms with E-state index in [0.29, 0.717) is 4.31 Å². The number of rotatable bonds is 6. The van der Waals surface area contributed by atoms with Crippen LogP contribution in [0, 0.1) is 6.92 Å². The van der Waals surface area contributed by atoms with Crippen LogP contribution in [-0.4, -0.2) is 60.9 Å². The summed E-state index contributed by atoms with van der Waals surface area (Å²) in [6.07, 6.45) is 0. The molecule has 0 spiro atoms. The van der Waals surface area contributed by atoms with Crippen molar-refractivity contribution in [3.63, 3.8) is 0 Å². The van der Waals surface area contributed by atoms with Crippen molar-refractivity contribution in [3.8, 4) is 6.01 Å². The van der Waals surface area contributed by atoms with Gasteiger partial charge in [0.1, 0.15) is 5.82 Å². The normalized spacial score (nSPS) is 10.7. The van der Waals surface area contributed by atoms with E-state index in [2.05, 4.69) is 29.7 Å². The number of carbonyl (C=O) groups is 2. The van der Waals surface area contributed by atoms with Crippen molar-refractivity contribution in [2.45, 2.75) is 6.92 Å². The quantitative estimate of drug-likeness (QED) is 0.658. The minimum Gasteiger partial charge on any atom is -0.467 e. The molecule has 0 aliphatic rings. The Morgan fingerprint density at radius 3 is 2.43 bits per heavy atom. The van der Waals surface area contributed by atoms with Gasteiger partial charge >= 0.3 is 28.2 Å². The van der Waals surface area contributed by atoms with E-state index in [-0.39, 0.29) is 29.0 Å². The Morgan fingerprint density at radius 2 is 1.79 bits per heavy atom. The summed E-state index contributed by atoms with van der Waals surface area (Å²) in [6, 6.07) is 4.70. The predicted octanol–water partition coefficient (Wildman–Crippen LogP) is 0.796. The molecule has 28 heavy (non-hydrogen) atoms. The van der Waals surface area contributed by atoms with Crippen LogP contribution in [0.2, 0.25) is 0 Å². The molecule has 2 N–H and O–H groups in total. The minimum atomic E-state index is -4.36. The molecule has 2 amide bonds. The fourth-order valence-corrected chi connectivity index (χ4v) is 2.81. The number of ether oxygens (including phenoxy) is 2. The van der Waals surface area contributed by atoms with Crippen LogP contribution in [0.3, 0.4) is 0 Å². The first-order chi connectivity index (χ1) is 13.2. The Kier molecular flexibility index (Phi) is 6.30. The third-order valence-electron chi connectivity index (χ3n) is 3.35. The van der Waals surface area contributed by atoms with Gasteiger partial charge in [-0.3, -0.25) is 10.0 Å². The number of nitrogens with zero attached hydrogens (tertiary/aromatic N) is 4. The van der Waals surface area contributed by atoms with Gasteiger partial charge in [0.15, 0.2) is 0 Å². The van der Waals surface area contributed by atoms with Gasteiger partial charge < -0.3 is 9.47 Å². The number of hydrogen-bond acceptors (Lipinski definition) is 9. The monoisotopic (exact) mass is 410 g/mol. The highest BCUT2D eigenvalue weighted by Crippen LogP contribution is 2.19. The Morgan fingerprint density at radius 1 is 1.11 bits per heavy atom. The Labute approximate surface area is 161 Å². The lowest BCUT2D eigenvalue weighted by Crippen LogP contribution is -2.40. The van der Waals surface area contributed by atoms with Crippen LogP contribution in [0.5, 0.6) is 6.01 Å². The number of carbonyl (C=O) groups excluding carboxylic acids is 2. The third kappa shape index (κ3) is 4.82. The maximum atomic E-state index is 12.5. The van der Waals surface area contributed by atoms with Crippen molar-refractivity contribution < 1.29 is 27.5 Å². The summed E-state index contributed by atoms with van der Waals surface area (Å²) in [4.78, 5) is 35.6. The first kappa shape index (κ1) is 20.8. The van der Waals surface area contributed by atoms with E-state index in [1.807, 2.05) is 0 Å². The van der Waals surface area contributed by atoms with Crippen LogP contribution in [0.15, 0.2) is 24.3 Å². The summed E-state index contributed by atoms with van der Waals surface area (Å²) < 4.78 is 37.1. The zero-order valence-corrected chi connectivity index (χ0v) is 16.3. The number of methoxy groups -OCH3 is 2. The van der Waals surface area contributed by atoms with Crippen LogP contribution in [0.25, 0.3) is 0 Å². The average Bonchev–Trinajstić information content (AvgIpc) is 2.66. The molecule has 0 unspecified atom stereocenters. The molecule has 150 valence electrons. The summed E-state index contributed by atoms with van der Waals surface area (Å²) in [6.45, 7) is 1.55. The third-order valence-corrected chi connectivity index (χ3v) is 4.71. The molecule has 0 aliphatic carbocycles. The lowest BCUT2D eigenvalue weighted by atomic mass is 10.2. The number of urea groups is 1. The fraction of sp³-hybridized carbons (Fsp3) is 0.267. The molecule has 1 aromatic carbocycles. The lowest BCUT2D eigenvalue weighted by Gasteiger charge is -2.19. The maximum absolute atomic E-state index is 12.5. The van der Waals surface area contributed by atoms with Crippen LogP contribution in [0.4, 0.5) is 16.4 Å². The minimum absolute atomic E-state index is 0.0137. The second-order valence-electron chi connectivity index (χ2n) is 5.23. The molecule has 0 radical (unpaired) electrons. The Bertz CT molecular complexity index is 996. The second-order valence-corrected chi connectivity index (χ2v) is 6.94. The molecule has 1 aromatic heterocycles. The zero-order chi connectivity index (χ0) is 20.9. The van der Waals surface area contributed by atoms with Crippen molar-refractivity contribution in [3.05, 3.63) is 35.7 Å². The number of hydrogen-bond donors (Lipinski definition) is 2. The van der Waals surface area contributed by atoms with Crippen molar-refractivity contribution in [2.75, 3.05) is 31.3 Å². The molecule has 0 fully saturated rings. The van der Waals surface area contributed by atoms with Gasteiger partial charge in [-0.1, -0.05) is 12.1 Å². The van der Waals surface area contributed by atoms with E-state index in [0.717, 1.165) is 14.2 Å². The van der Waals surface area contributed by atoms with Crippen LogP contribution in [-0.2, 0) is 14.9 Å². The summed E-state index contributed by atoms with van der Waals surface area (Å²) >= 11 is 0. The molecule has 0 atom stereocenters. The standard InChI is InChI=1S/C15H18N6O6S/c1-9-16-13(18-14(17-9)27-4)19-15(23)21(2)28(24,25)20-11-8-6-5-7-10(11)12(22)26-3/h5-8,20H,1-4H3,(H,16,17,18,19,23). The van der Waals surface area contributed by atoms with Gasteiger partial charge in [-0.05, 0) is 19.1 Å². The predicted molar refractivity (Wildman–Crippen MR) is 98.2 cm³/mol. The van der Waals surface area contributed by atoms with Crippen molar-refractivity contribution in [1.82, 2.24) is 19.3 Å². The van der Waals surface area contributed by atoms with E-state index in [9.17, 15) is 18.0 Å². The second kappa shape index (κ2) is 8.47. The molecule has 0 bridgehead atoms. The molecular weight excluding hydrogens is 392 g/mol. The first-order valence-electron chi connectivity index (χ1n) is 7.69. The maximum Gasteiger partial charge on any atom is 0.339 e. The molecule has 1 heterocycles. The molecule has 0 aliphatic heterocycles. The highest BCUT2D eigenvalue weighted by molar-refractivity contribution is 7.90. The number of esters is 1. The van der Waals surface area contributed by atoms with Crippen molar-refractivity contribution >= 4 is 33.8 Å². The number of benzene rings is 1. The number of amides is 2. The topological polar surface area (TPSA) is 153 Å². The summed E-state index contributed by atoms with van der Waals surface area (Å²) in [5.41, 5.74) is -0.0631. The van der Waals surface area contributed by atoms with E-state index < -0.39 is 22.2 Å². The number of aryl methyl sites for hydroxylation is 1. The van der Waals surface area contributed by atoms with Gasteiger partial charge in [0, 0.05) is 7.05 Å².